The van der Waals surface area contributed by atoms with Crippen molar-refractivity contribution in [3.63, 3.8) is 0 Å². The molecule has 3 N–H and O–H groups in total. The van der Waals surface area contributed by atoms with Gasteiger partial charge in [0, 0.05) is 25.0 Å². The molecule has 2 saturated carbocycles. The lowest BCUT2D eigenvalue weighted by atomic mass is 9.86. The number of carbonyl (C=O) groups is 1. The number of aliphatic imine (C=N–C) groups is 1. The van der Waals surface area contributed by atoms with Crippen molar-refractivity contribution in [1.82, 2.24) is 10.6 Å². The minimum Gasteiger partial charge on any atom is -0.466 e. The predicted octanol–water partition coefficient (Wildman–Crippen LogP) is 1.82. The summed E-state index contributed by atoms with van der Waals surface area (Å²) >= 11 is 0. The van der Waals surface area contributed by atoms with Crippen LogP contribution < -0.4 is 10.6 Å². The molecule has 2 unspecified atom stereocenters. The van der Waals surface area contributed by atoms with Crippen molar-refractivity contribution < 1.29 is 14.6 Å². The zero-order chi connectivity index (χ0) is 17.4. The zero-order valence-corrected chi connectivity index (χ0v) is 15.1. The van der Waals surface area contributed by atoms with Crippen molar-refractivity contribution in [2.75, 3.05) is 19.7 Å². The second-order valence-corrected chi connectivity index (χ2v) is 6.92. The van der Waals surface area contributed by atoms with Crippen LogP contribution in [0.2, 0.25) is 0 Å². The molecule has 2 aliphatic carbocycles. The molecule has 2 aliphatic rings. The predicted molar refractivity (Wildman–Crippen MR) is 94.8 cm³/mol. The van der Waals surface area contributed by atoms with E-state index in [1.165, 1.54) is 0 Å². The van der Waals surface area contributed by atoms with Crippen molar-refractivity contribution in [2.45, 2.75) is 70.9 Å². The van der Waals surface area contributed by atoms with Crippen molar-refractivity contribution in [2.24, 2.45) is 16.8 Å². The fourth-order valence-electron chi connectivity index (χ4n) is 3.69. The van der Waals surface area contributed by atoms with Crippen molar-refractivity contribution in [1.29, 1.82) is 0 Å². The van der Waals surface area contributed by atoms with E-state index in [0.717, 1.165) is 57.5 Å². The summed E-state index contributed by atoms with van der Waals surface area (Å²) in [6.45, 7) is 5.86. The summed E-state index contributed by atoms with van der Waals surface area (Å²) in [5.41, 5.74) is 0. The summed E-state index contributed by atoms with van der Waals surface area (Å²) in [7, 11) is 0. The van der Waals surface area contributed by atoms with Gasteiger partial charge in [-0.05, 0) is 52.4 Å². The molecule has 138 valence electrons. The largest absolute Gasteiger partial charge is 0.466 e. The molecule has 0 aromatic rings. The van der Waals surface area contributed by atoms with E-state index in [4.69, 9.17) is 4.74 Å². The summed E-state index contributed by atoms with van der Waals surface area (Å²) in [6, 6.07) is 0.349. The van der Waals surface area contributed by atoms with Crippen molar-refractivity contribution >= 4 is 11.9 Å². The molecule has 2 fully saturated rings. The van der Waals surface area contributed by atoms with Crippen LogP contribution >= 0.6 is 0 Å². The van der Waals surface area contributed by atoms with Crippen LogP contribution in [-0.4, -0.2) is 48.9 Å². The van der Waals surface area contributed by atoms with Gasteiger partial charge in [-0.15, -0.1) is 0 Å². The monoisotopic (exact) mass is 339 g/mol. The molecule has 0 saturated heterocycles. The highest BCUT2D eigenvalue weighted by Crippen LogP contribution is 2.26. The standard InChI is InChI=1S/C18H33N3O3/c1-3-19-18(20-12-14-6-5-7-16(14)22)21-15-10-8-13(9-11-15)17(23)24-4-2/h13-16,22H,3-12H2,1-2H3,(H2,19,20,21). The minimum absolute atomic E-state index is 0.0493. The molecule has 6 heteroatoms. The SMILES string of the molecule is CCNC(=NCC1CCCC1O)NC1CCC(C(=O)OCC)CC1. The van der Waals surface area contributed by atoms with E-state index in [1.807, 2.05) is 6.92 Å². The van der Waals surface area contributed by atoms with Gasteiger partial charge in [-0.1, -0.05) is 6.42 Å². The Labute approximate surface area is 145 Å². The van der Waals surface area contributed by atoms with E-state index in [0.29, 0.717) is 25.1 Å². The summed E-state index contributed by atoms with van der Waals surface area (Å²) < 4.78 is 5.12. The van der Waals surface area contributed by atoms with E-state index >= 15 is 0 Å². The summed E-state index contributed by atoms with van der Waals surface area (Å²) in [4.78, 5) is 16.5. The number of aliphatic hydroxyl groups excluding tert-OH is 1. The normalized spacial score (nSPS) is 30.9. The average molecular weight is 339 g/mol. The van der Waals surface area contributed by atoms with Crippen LogP contribution in [0.25, 0.3) is 0 Å². The molecule has 6 nitrogen and oxygen atoms in total. The smallest absolute Gasteiger partial charge is 0.308 e. The van der Waals surface area contributed by atoms with E-state index in [2.05, 4.69) is 22.5 Å². The Hall–Kier alpha value is -1.30. The van der Waals surface area contributed by atoms with Crippen LogP contribution in [0.1, 0.15) is 58.8 Å². The third-order valence-electron chi connectivity index (χ3n) is 5.14. The van der Waals surface area contributed by atoms with Gasteiger partial charge in [0.2, 0.25) is 0 Å². The van der Waals surface area contributed by atoms with Gasteiger partial charge in [-0.25, -0.2) is 0 Å². The number of carbonyl (C=O) groups excluding carboxylic acids is 1. The Kier molecular flexibility index (Phi) is 7.82. The maximum atomic E-state index is 11.8. The molecule has 0 aromatic carbocycles. The number of esters is 1. The van der Waals surface area contributed by atoms with Gasteiger partial charge in [0.25, 0.3) is 0 Å². The number of guanidine groups is 1. The number of rotatable bonds is 6. The molecule has 0 amide bonds. The van der Waals surface area contributed by atoms with Crippen LogP contribution in [-0.2, 0) is 9.53 Å². The van der Waals surface area contributed by atoms with Gasteiger partial charge in [0.1, 0.15) is 0 Å². The fourth-order valence-corrected chi connectivity index (χ4v) is 3.69. The summed E-state index contributed by atoms with van der Waals surface area (Å²) in [5.74, 6) is 1.12. The van der Waals surface area contributed by atoms with Crippen molar-refractivity contribution in [3.8, 4) is 0 Å². The molecular weight excluding hydrogens is 306 g/mol. The third-order valence-corrected chi connectivity index (χ3v) is 5.14. The van der Waals surface area contributed by atoms with E-state index in [-0.39, 0.29) is 18.0 Å². The second kappa shape index (κ2) is 9.87. The highest BCUT2D eigenvalue weighted by Gasteiger charge is 2.28. The Morgan fingerprint density at radius 1 is 1.17 bits per heavy atom. The van der Waals surface area contributed by atoms with Gasteiger partial charge in [-0.3, -0.25) is 9.79 Å². The molecule has 0 aromatic heterocycles. The number of aliphatic hydroxyl groups is 1. The van der Waals surface area contributed by atoms with E-state index in [1.54, 1.807) is 0 Å². The highest BCUT2D eigenvalue weighted by molar-refractivity contribution is 5.80. The number of nitrogens with zero attached hydrogens (tertiary/aromatic N) is 1. The molecule has 2 rings (SSSR count). The Bertz CT molecular complexity index is 420. The Morgan fingerprint density at radius 2 is 1.92 bits per heavy atom. The molecule has 0 bridgehead atoms. The van der Waals surface area contributed by atoms with Gasteiger partial charge in [-0.2, -0.15) is 0 Å². The van der Waals surface area contributed by atoms with E-state index < -0.39 is 0 Å². The lowest BCUT2D eigenvalue weighted by Gasteiger charge is -2.29. The summed E-state index contributed by atoms with van der Waals surface area (Å²) in [6.07, 6.45) is 6.53. The van der Waals surface area contributed by atoms with Gasteiger partial charge >= 0.3 is 5.97 Å². The second-order valence-electron chi connectivity index (χ2n) is 6.92. The third kappa shape index (κ3) is 5.65. The van der Waals surface area contributed by atoms with Gasteiger partial charge in [0.05, 0.1) is 18.6 Å². The highest BCUT2D eigenvalue weighted by atomic mass is 16.5. The molecule has 0 spiro atoms. The first-order chi connectivity index (χ1) is 11.6. The first kappa shape index (κ1) is 19.0. The Balaban J connectivity index is 1.79. The van der Waals surface area contributed by atoms with Crippen LogP contribution in [0, 0.1) is 11.8 Å². The molecule has 24 heavy (non-hydrogen) atoms. The first-order valence-electron chi connectivity index (χ1n) is 9.53. The van der Waals surface area contributed by atoms with Crippen LogP contribution in [0.15, 0.2) is 4.99 Å². The topological polar surface area (TPSA) is 83.0 Å². The number of hydrogen-bond donors (Lipinski definition) is 3. The van der Waals surface area contributed by atoms with Crippen LogP contribution in [0.3, 0.4) is 0 Å². The Morgan fingerprint density at radius 3 is 2.50 bits per heavy atom. The van der Waals surface area contributed by atoms with Crippen LogP contribution in [0.5, 0.6) is 0 Å². The molecule has 0 heterocycles. The number of hydrogen-bond acceptors (Lipinski definition) is 4. The van der Waals surface area contributed by atoms with Crippen molar-refractivity contribution in [3.05, 3.63) is 0 Å². The molecule has 2 atom stereocenters. The lowest BCUT2D eigenvalue weighted by Crippen LogP contribution is -2.45. The number of nitrogens with one attached hydrogen (secondary N) is 2. The summed E-state index contributed by atoms with van der Waals surface area (Å²) in [5, 5.41) is 16.7. The lowest BCUT2D eigenvalue weighted by molar-refractivity contribution is -0.149. The van der Waals surface area contributed by atoms with Gasteiger partial charge < -0.3 is 20.5 Å². The fraction of sp³-hybridized carbons (Fsp3) is 0.889. The van der Waals surface area contributed by atoms with Crippen LogP contribution in [0.4, 0.5) is 0 Å². The maximum Gasteiger partial charge on any atom is 0.308 e. The van der Waals surface area contributed by atoms with E-state index in [9.17, 15) is 9.90 Å². The maximum absolute atomic E-state index is 11.8. The first-order valence-corrected chi connectivity index (χ1v) is 9.53. The zero-order valence-electron chi connectivity index (χ0n) is 15.1. The molecule has 0 aliphatic heterocycles. The van der Waals surface area contributed by atoms with Gasteiger partial charge in [0.15, 0.2) is 5.96 Å². The minimum atomic E-state index is -0.198. The molecular formula is C18H33N3O3. The number of ether oxygens (including phenoxy) is 1. The molecule has 0 radical (unpaired) electrons. The average Bonchev–Trinajstić information content (AvgIpc) is 2.99. The quantitative estimate of drug-likeness (QED) is 0.391.